The minimum Gasteiger partial charge on any atom is -0.341 e. The summed E-state index contributed by atoms with van der Waals surface area (Å²) >= 11 is 1.66. The number of fused-ring (bicyclic) bond motifs is 1. The normalized spacial score (nSPS) is 23.4. The van der Waals surface area contributed by atoms with E-state index >= 15 is 0 Å². The number of carbonyl (C=O) groups is 1. The highest BCUT2D eigenvalue weighted by Crippen LogP contribution is 2.32. The maximum Gasteiger partial charge on any atom is 0.222 e. The Morgan fingerprint density at radius 3 is 2.96 bits per heavy atom. The van der Waals surface area contributed by atoms with E-state index in [1.165, 1.54) is 11.3 Å². The third kappa shape index (κ3) is 3.35. The summed E-state index contributed by atoms with van der Waals surface area (Å²) in [5.74, 6) is 2.01. The van der Waals surface area contributed by atoms with Crippen molar-refractivity contribution in [3.05, 3.63) is 34.3 Å². The molecule has 4 heterocycles. The number of likely N-dealkylation sites (tertiary alicyclic amines) is 2. The Bertz CT molecular complexity index is 754. The standard InChI is InChI=1S/C18H25N5OS/c1-13-16(25-12-20-13)3-4-18(24)23-9-14-5-7-22(15(14)10-23)11-17-19-6-8-21(17)2/h6,8,12,14-15H,3-5,7,9-11H2,1-2H3/t14-,15+/m0/s1. The van der Waals surface area contributed by atoms with Crippen LogP contribution in [0.4, 0.5) is 0 Å². The summed E-state index contributed by atoms with van der Waals surface area (Å²) in [6, 6.07) is 0.491. The van der Waals surface area contributed by atoms with E-state index in [-0.39, 0.29) is 0 Å². The highest BCUT2D eigenvalue weighted by molar-refractivity contribution is 7.09. The van der Waals surface area contributed by atoms with Crippen LogP contribution in [0, 0.1) is 12.8 Å². The third-order valence-corrected chi connectivity index (χ3v) is 6.69. The summed E-state index contributed by atoms with van der Waals surface area (Å²) in [6.45, 7) is 5.81. The summed E-state index contributed by atoms with van der Waals surface area (Å²) in [5.41, 5.74) is 2.93. The molecule has 6 nitrogen and oxygen atoms in total. The smallest absolute Gasteiger partial charge is 0.222 e. The van der Waals surface area contributed by atoms with E-state index in [0.29, 0.717) is 24.3 Å². The first-order chi connectivity index (χ1) is 12.1. The predicted molar refractivity (Wildman–Crippen MR) is 97.3 cm³/mol. The number of thiazole rings is 1. The lowest BCUT2D eigenvalue weighted by Crippen LogP contribution is -2.37. The van der Waals surface area contributed by atoms with Gasteiger partial charge in [0.05, 0.1) is 17.7 Å². The predicted octanol–water partition coefficient (Wildman–Crippen LogP) is 1.85. The quantitative estimate of drug-likeness (QED) is 0.818. The van der Waals surface area contributed by atoms with Gasteiger partial charge in [0.1, 0.15) is 5.82 Å². The van der Waals surface area contributed by atoms with Gasteiger partial charge in [0.15, 0.2) is 0 Å². The first kappa shape index (κ1) is 16.7. The third-order valence-electron chi connectivity index (χ3n) is 5.69. The van der Waals surface area contributed by atoms with Crippen LogP contribution in [0.2, 0.25) is 0 Å². The zero-order valence-electron chi connectivity index (χ0n) is 14.9. The SMILES string of the molecule is Cc1ncsc1CCC(=O)N1C[C@@H]2CCN(Cc3nccn3C)[C@@H]2C1. The van der Waals surface area contributed by atoms with Crippen LogP contribution in [0.25, 0.3) is 0 Å². The molecule has 4 rings (SSSR count). The fourth-order valence-electron chi connectivity index (χ4n) is 4.12. The van der Waals surface area contributed by atoms with Crippen molar-refractivity contribution in [3.63, 3.8) is 0 Å². The van der Waals surface area contributed by atoms with Gasteiger partial charge in [-0.3, -0.25) is 9.69 Å². The molecule has 0 radical (unpaired) electrons. The molecule has 134 valence electrons. The lowest BCUT2D eigenvalue weighted by Gasteiger charge is -2.24. The Labute approximate surface area is 152 Å². The number of hydrogen-bond acceptors (Lipinski definition) is 5. The Hall–Kier alpha value is -1.73. The van der Waals surface area contributed by atoms with Crippen molar-refractivity contribution >= 4 is 17.2 Å². The first-order valence-electron chi connectivity index (χ1n) is 8.99. The highest BCUT2D eigenvalue weighted by Gasteiger charge is 2.42. The van der Waals surface area contributed by atoms with E-state index in [9.17, 15) is 4.79 Å². The second kappa shape index (κ2) is 6.88. The lowest BCUT2D eigenvalue weighted by molar-refractivity contribution is -0.130. The van der Waals surface area contributed by atoms with Gasteiger partial charge in [-0.05, 0) is 32.2 Å². The van der Waals surface area contributed by atoms with E-state index < -0.39 is 0 Å². The van der Waals surface area contributed by atoms with Gasteiger partial charge in [0.2, 0.25) is 5.91 Å². The van der Waals surface area contributed by atoms with E-state index in [1.54, 1.807) is 11.3 Å². The molecule has 0 unspecified atom stereocenters. The highest BCUT2D eigenvalue weighted by atomic mass is 32.1. The molecule has 1 amide bonds. The number of hydrogen-bond donors (Lipinski definition) is 0. The molecule has 0 N–H and O–H groups in total. The van der Waals surface area contributed by atoms with Crippen LogP contribution in [0.3, 0.4) is 0 Å². The minimum absolute atomic E-state index is 0.291. The molecule has 2 aromatic rings. The molecule has 7 heteroatoms. The molecule has 0 bridgehead atoms. The Kier molecular flexibility index (Phi) is 4.60. The fraction of sp³-hybridized carbons (Fsp3) is 0.611. The molecule has 0 aromatic carbocycles. The van der Waals surface area contributed by atoms with Crippen LogP contribution in [0.1, 0.15) is 29.2 Å². The van der Waals surface area contributed by atoms with Gasteiger partial charge in [0, 0.05) is 49.9 Å². The molecule has 2 aliphatic heterocycles. The van der Waals surface area contributed by atoms with E-state index in [2.05, 4.69) is 24.3 Å². The maximum atomic E-state index is 12.6. The minimum atomic E-state index is 0.291. The monoisotopic (exact) mass is 359 g/mol. The average molecular weight is 359 g/mol. The first-order valence-corrected chi connectivity index (χ1v) is 9.87. The van der Waals surface area contributed by atoms with Crippen molar-refractivity contribution in [1.29, 1.82) is 0 Å². The van der Waals surface area contributed by atoms with Gasteiger partial charge in [0.25, 0.3) is 0 Å². The van der Waals surface area contributed by atoms with Gasteiger partial charge in [-0.2, -0.15) is 0 Å². The molecular weight excluding hydrogens is 334 g/mol. The van der Waals surface area contributed by atoms with Gasteiger partial charge in [-0.1, -0.05) is 0 Å². The zero-order valence-corrected chi connectivity index (χ0v) is 15.7. The van der Waals surface area contributed by atoms with Gasteiger partial charge >= 0.3 is 0 Å². The maximum absolute atomic E-state index is 12.6. The largest absolute Gasteiger partial charge is 0.341 e. The van der Waals surface area contributed by atoms with Crippen LogP contribution in [-0.2, 0) is 24.8 Å². The van der Waals surface area contributed by atoms with Crippen molar-refractivity contribution in [2.75, 3.05) is 19.6 Å². The van der Waals surface area contributed by atoms with E-state index in [4.69, 9.17) is 0 Å². The van der Waals surface area contributed by atoms with E-state index in [1.807, 2.05) is 31.9 Å². The Balaban J connectivity index is 1.33. The number of nitrogens with zero attached hydrogens (tertiary/aromatic N) is 5. The number of aryl methyl sites for hydroxylation is 3. The zero-order chi connectivity index (χ0) is 17.4. The number of aromatic nitrogens is 3. The molecule has 2 aromatic heterocycles. The van der Waals surface area contributed by atoms with Gasteiger partial charge in [-0.15, -0.1) is 11.3 Å². The van der Waals surface area contributed by atoms with Gasteiger partial charge < -0.3 is 9.47 Å². The molecule has 25 heavy (non-hydrogen) atoms. The van der Waals surface area contributed by atoms with Crippen LogP contribution in [-0.4, -0.2) is 55.9 Å². The van der Waals surface area contributed by atoms with Crippen LogP contribution >= 0.6 is 11.3 Å². The van der Waals surface area contributed by atoms with Crippen LogP contribution in [0.15, 0.2) is 17.9 Å². The topological polar surface area (TPSA) is 54.3 Å². The Morgan fingerprint density at radius 2 is 2.24 bits per heavy atom. The van der Waals surface area contributed by atoms with Crippen LogP contribution < -0.4 is 0 Å². The van der Waals surface area contributed by atoms with Crippen LogP contribution in [0.5, 0.6) is 0 Å². The van der Waals surface area contributed by atoms with E-state index in [0.717, 1.165) is 44.1 Å². The number of rotatable bonds is 5. The van der Waals surface area contributed by atoms with Crippen molar-refractivity contribution in [3.8, 4) is 0 Å². The molecule has 0 spiro atoms. The van der Waals surface area contributed by atoms with Crippen molar-refractivity contribution in [1.82, 2.24) is 24.3 Å². The second-order valence-electron chi connectivity index (χ2n) is 7.20. The molecule has 2 atom stereocenters. The van der Waals surface area contributed by atoms with Crippen molar-refractivity contribution < 1.29 is 4.79 Å². The second-order valence-corrected chi connectivity index (χ2v) is 8.14. The summed E-state index contributed by atoms with van der Waals surface area (Å²) in [5, 5.41) is 0. The molecule has 2 fully saturated rings. The Morgan fingerprint density at radius 1 is 1.36 bits per heavy atom. The average Bonchev–Trinajstić information content (AvgIpc) is 3.34. The number of imidazole rings is 1. The summed E-state index contributed by atoms with van der Waals surface area (Å²) in [6.07, 6.45) is 6.45. The number of amides is 1. The fourth-order valence-corrected chi connectivity index (χ4v) is 4.91. The summed E-state index contributed by atoms with van der Waals surface area (Å²) < 4.78 is 2.09. The lowest BCUT2D eigenvalue weighted by atomic mass is 10.1. The van der Waals surface area contributed by atoms with Gasteiger partial charge in [-0.25, -0.2) is 9.97 Å². The summed E-state index contributed by atoms with van der Waals surface area (Å²) in [7, 11) is 2.04. The molecule has 0 aliphatic carbocycles. The summed E-state index contributed by atoms with van der Waals surface area (Å²) in [4.78, 5) is 27.2. The molecule has 0 saturated carbocycles. The number of carbonyl (C=O) groups excluding carboxylic acids is 1. The van der Waals surface area contributed by atoms with Crippen molar-refractivity contribution in [2.24, 2.45) is 13.0 Å². The van der Waals surface area contributed by atoms with Crippen molar-refractivity contribution in [2.45, 2.75) is 38.8 Å². The molecule has 2 saturated heterocycles. The molecular formula is C18H25N5OS. The molecule has 2 aliphatic rings.